The van der Waals surface area contributed by atoms with E-state index in [2.05, 4.69) is 31.9 Å². The largest absolute Gasteiger partial charge is 0.497 e. The Morgan fingerprint density at radius 3 is 2.62 bits per heavy atom. The zero-order valence-electron chi connectivity index (χ0n) is 13.9. The van der Waals surface area contributed by atoms with E-state index in [1.807, 2.05) is 0 Å². The number of rotatable bonds is 6. The number of hydrogen-bond donors (Lipinski definition) is 4. The molecule has 0 saturated carbocycles. The van der Waals surface area contributed by atoms with Gasteiger partial charge in [0.2, 0.25) is 0 Å². The molecular formula is C17H18BrClN4O3. The molecule has 2 aromatic carbocycles. The van der Waals surface area contributed by atoms with Crippen molar-refractivity contribution in [3.8, 4) is 5.75 Å². The van der Waals surface area contributed by atoms with Crippen LogP contribution in [0.4, 0.5) is 16.2 Å². The average Bonchev–Trinajstić information content (AvgIpc) is 2.58. The number of hydrogen-bond acceptors (Lipinski definition) is 4. The first-order chi connectivity index (χ1) is 12.4. The highest BCUT2D eigenvalue weighted by Crippen LogP contribution is 2.25. The van der Waals surface area contributed by atoms with E-state index >= 15 is 0 Å². The Bertz CT molecular complexity index is 796. The molecule has 0 radical (unpaired) electrons. The molecule has 0 saturated heterocycles. The summed E-state index contributed by atoms with van der Waals surface area (Å²) in [7, 11) is 1.50. The number of nitrogens with two attached hydrogens (primary N) is 1. The maximum absolute atomic E-state index is 12.3. The van der Waals surface area contributed by atoms with Gasteiger partial charge in [-0.3, -0.25) is 4.79 Å². The van der Waals surface area contributed by atoms with Gasteiger partial charge in [0.15, 0.2) is 0 Å². The Balaban J connectivity index is 2.20. The zero-order valence-corrected chi connectivity index (χ0v) is 16.3. The predicted octanol–water partition coefficient (Wildman–Crippen LogP) is 3.44. The van der Waals surface area contributed by atoms with E-state index in [0.717, 1.165) is 4.47 Å². The van der Waals surface area contributed by atoms with Crippen LogP contribution >= 0.6 is 27.5 Å². The molecule has 0 bridgehead atoms. The minimum Gasteiger partial charge on any atom is -0.497 e. The van der Waals surface area contributed by atoms with Crippen molar-refractivity contribution >= 4 is 50.8 Å². The van der Waals surface area contributed by atoms with Crippen molar-refractivity contribution in [3.63, 3.8) is 0 Å². The predicted molar refractivity (Wildman–Crippen MR) is 106 cm³/mol. The van der Waals surface area contributed by atoms with Gasteiger partial charge in [0, 0.05) is 34.3 Å². The number of nitrogens with one attached hydrogen (secondary N) is 3. The summed E-state index contributed by atoms with van der Waals surface area (Å²) in [6, 6.07) is 9.24. The highest BCUT2D eigenvalue weighted by Gasteiger charge is 2.15. The van der Waals surface area contributed by atoms with Crippen LogP contribution in [-0.2, 0) is 0 Å². The van der Waals surface area contributed by atoms with Gasteiger partial charge in [0.1, 0.15) is 5.75 Å². The number of benzene rings is 2. The molecule has 2 rings (SSSR count). The molecule has 138 valence electrons. The van der Waals surface area contributed by atoms with Crippen molar-refractivity contribution in [2.75, 3.05) is 30.8 Å². The van der Waals surface area contributed by atoms with Gasteiger partial charge in [-0.15, -0.1) is 0 Å². The van der Waals surface area contributed by atoms with Crippen LogP contribution in [0.1, 0.15) is 10.4 Å². The number of urea groups is 1. The standard InChI is InChI=1S/C17H18BrClN4O3/c1-26-13-2-3-14(16(24)21-5-4-20)15(9-13)23-17(25)22-12-7-10(18)6-11(19)8-12/h2-3,6-9H,4-5,20H2,1H3,(H,21,24)(H2,22,23,25). The van der Waals surface area contributed by atoms with Crippen molar-refractivity contribution in [1.82, 2.24) is 5.32 Å². The van der Waals surface area contributed by atoms with E-state index in [-0.39, 0.29) is 5.91 Å². The molecule has 3 amide bonds. The summed E-state index contributed by atoms with van der Waals surface area (Å²) in [5, 5.41) is 8.45. The van der Waals surface area contributed by atoms with E-state index in [9.17, 15) is 9.59 Å². The Morgan fingerprint density at radius 1 is 1.19 bits per heavy atom. The molecule has 0 heterocycles. The van der Waals surface area contributed by atoms with Crippen LogP contribution in [0.2, 0.25) is 5.02 Å². The van der Waals surface area contributed by atoms with E-state index in [0.29, 0.717) is 40.8 Å². The normalized spacial score (nSPS) is 10.2. The fourth-order valence-electron chi connectivity index (χ4n) is 2.14. The summed E-state index contributed by atoms with van der Waals surface area (Å²) in [4.78, 5) is 24.6. The number of amides is 3. The number of methoxy groups -OCH3 is 1. The lowest BCUT2D eigenvalue weighted by Crippen LogP contribution is -2.30. The molecule has 0 unspecified atom stereocenters. The molecule has 5 N–H and O–H groups in total. The number of carbonyl (C=O) groups is 2. The lowest BCUT2D eigenvalue weighted by molar-refractivity contribution is 0.0955. The second-order valence-corrected chi connectivity index (χ2v) is 6.55. The van der Waals surface area contributed by atoms with Gasteiger partial charge < -0.3 is 26.4 Å². The van der Waals surface area contributed by atoms with E-state index in [4.69, 9.17) is 22.1 Å². The fourth-order valence-corrected chi connectivity index (χ4v) is 3.00. The third-order valence-electron chi connectivity index (χ3n) is 3.27. The van der Waals surface area contributed by atoms with Crippen LogP contribution in [-0.4, -0.2) is 32.1 Å². The van der Waals surface area contributed by atoms with Gasteiger partial charge in [-0.2, -0.15) is 0 Å². The first-order valence-corrected chi connectivity index (χ1v) is 8.80. The molecule has 0 aliphatic heterocycles. The van der Waals surface area contributed by atoms with E-state index in [1.54, 1.807) is 36.4 Å². The van der Waals surface area contributed by atoms with Gasteiger partial charge in [-0.25, -0.2) is 4.79 Å². The minimum absolute atomic E-state index is 0.293. The first-order valence-electron chi connectivity index (χ1n) is 7.63. The Hall–Kier alpha value is -2.29. The second kappa shape index (κ2) is 9.42. The van der Waals surface area contributed by atoms with Crippen LogP contribution in [0, 0.1) is 0 Å². The van der Waals surface area contributed by atoms with Crippen LogP contribution in [0.3, 0.4) is 0 Å². The van der Waals surface area contributed by atoms with Crippen molar-refractivity contribution in [1.29, 1.82) is 0 Å². The highest BCUT2D eigenvalue weighted by molar-refractivity contribution is 9.10. The van der Waals surface area contributed by atoms with Gasteiger partial charge in [-0.05, 0) is 30.3 Å². The summed E-state index contributed by atoms with van der Waals surface area (Å²) in [6.45, 7) is 0.641. The third kappa shape index (κ3) is 5.62. The summed E-state index contributed by atoms with van der Waals surface area (Å²) in [5.41, 5.74) is 6.50. The number of ether oxygens (including phenoxy) is 1. The molecule has 9 heteroatoms. The third-order valence-corrected chi connectivity index (χ3v) is 3.95. The maximum Gasteiger partial charge on any atom is 0.323 e. The summed E-state index contributed by atoms with van der Waals surface area (Å²) in [6.07, 6.45) is 0. The molecule has 0 aliphatic rings. The Morgan fingerprint density at radius 2 is 1.96 bits per heavy atom. The average molecular weight is 442 g/mol. The quantitative estimate of drug-likeness (QED) is 0.551. The Kier molecular flexibility index (Phi) is 7.26. The first kappa shape index (κ1) is 20.0. The highest BCUT2D eigenvalue weighted by atomic mass is 79.9. The Labute approximate surface area is 164 Å². The van der Waals surface area contributed by atoms with Gasteiger partial charge >= 0.3 is 6.03 Å². The van der Waals surface area contributed by atoms with Crippen molar-refractivity contribution in [3.05, 3.63) is 51.5 Å². The van der Waals surface area contributed by atoms with Crippen molar-refractivity contribution in [2.24, 2.45) is 5.73 Å². The van der Waals surface area contributed by atoms with Gasteiger partial charge in [0.25, 0.3) is 5.91 Å². The van der Waals surface area contributed by atoms with Crippen molar-refractivity contribution in [2.45, 2.75) is 0 Å². The zero-order chi connectivity index (χ0) is 19.1. The maximum atomic E-state index is 12.3. The molecule has 7 nitrogen and oxygen atoms in total. The molecule has 0 aliphatic carbocycles. The summed E-state index contributed by atoms with van der Waals surface area (Å²) < 4.78 is 5.88. The van der Waals surface area contributed by atoms with Crippen molar-refractivity contribution < 1.29 is 14.3 Å². The SMILES string of the molecule is COc1ccc(C(=O)NCCN)c(NC(=O)Nc2cc(Cl)cc(Br)c2)c1. The minimum atomic E-state index is -0.528. The number of anilines is 2. The fraction of sp³-hybridized carbons (Fsp3) is 0.176. The van der Waals surface area contributed by atoms with E-state index in [1.165, 1.54) is 7.11 Å². The molecular weight excluding hydrogens is 424 g/mol. The monoisotopic (exact) mass is 440 g/mol. The number of carbonyl (C=O) groups excluding carboxylic acids is 2. The molecule has 0 fully saturated rings. The van der Waals surface area contributed by atoms with Gasteiger partial charge in [-0.1, -0.05) is 27.5 Å². The molecule has 0 aromatic heterocycles. The van der Waals surface area contributed by atoms with Crippen LogP contribution < -0.4 is 26.4 Å². The van der Waals surface area contributed by atoms with E-state index < -0.39 is 6.03 Å². The van der Waals surface area contributed by atoms with Gasteiger partial charge in [0.05, 0.1) is 18.4 Å². The van der Waals surface area contributed by atoms with Crippen LogP contribution in [0.25, 0.3) is 0 Å². The topological polar surface area (TPSA) is 105 Å². The lowest BCUT2D eigenvalue weighted by Gasteiger charge is -2.14. The van der Waals surface area contributed by atoms with Crippen LogP contribution in [0.15, 0.2) is 40.9 Å². The summed E-state index contributed by atoms with van der Waals surface area (Å²) in [5.74, 6) is 0.153. The van der Waals surface area contributed by atoms with Crippen LogP contribution in [0.5, 0.6) is 5.75 Å². The molecule has 0 spiro atoms. The molecule has 0 atom stereocenters. The second-order valence-electron chi connectivity index (χ2n) is 5.19. The molecule has 2 aromatic rings. The summed E-state index contributed by atoms with van der Waals surface area (Å²) >= 11 is 9.27. The smallest absolute Gasteiger partial charge is 0.323 e. The number of halogens is 2. The molecule has 26 heavy (non-hydrogen) atoms. The lowest BCUT2D eigenvalue weighted by atomic mass is 10.1.